The molecule has 2 unspecified atom stereocenters. The van der Waals surface area contributed by atoms with E-state index >= 15 is 0 Å². The SMILES string of the molecule is CC1CC(N)(N)CCC1(N)O. The van der Waals surface area contributed by atoms with Crippen molar-refractivity contribution in [1.29, 1.82) is 0 Å². The monoisotopic (exact) mass is 159 g/mol. The average molecular weight is 159 g/mol. The lowest BCUT2D eigenvalue weighted by Gasteiger charge is -2.42. The fourth-order valence-electron chi connectivity index (χ4n) is 1.53. The molecule has 1 rings (SSSR count). The fraction of sp³-hybridized carbons (Fsp3) is 1.00. The van der Waals surface area contributed by atoms with Crippen LogP contribution in [0.3, 0.4) is 0 Å². The van der Waals surface area contributed by atoms with Crippen LogP contribution in [0, 0.1) is 5.92 Å². The summed E-state index contributed by atoms with van der Waals surface area (Å²) < 4.78 is 0. The van der Waals surface area contributed by atoms with Gasteiger partial charge in [0.1, 0.15) is 5.72 Å². The molecule has 0 aromatic rings. The maximum atomic E-state index is 9.54. The molecule has 0 spiro atoms. The Bertz CT molecular complexity index is 156. The van der Waals surface area contributed by atoms with Gasteiger partial charge in [0.15, 0.2) is 0 Å². The molecule has 0 aromatic carbocycles. The van der Waals surface area contributed by atoms with Gasteiger partial charge in [-0.1, -0.05) is 6.92 Å². The number of aliphatic hydroxyl groups is 1. The molecule has 1 aliphatic rings. The lowest BCUT2D eigenvalue weighted by atomic mass is 9.77. The van der Waals surface area contributed by atoms with Gasteiger partial charge in [0, 0.05) is 5.92 Å². The van der Waals surface area contributed by atoms with E-state index in [0.717, 1.165) is 0 Å². The standard InChI is InChI=1S/C7H17N3O/c1-5-4-6(8,9)2-3-7(5,10)11/h5,11H,2-4,8-10H2,1H3. The molecule has 4 heteroatoms. The third kappa shape index (κ3) is 1.90. The van der Waals surface area contributed by atoms with E-state index in [0.29, 0.717) is 19.3 Å². The fourth-order valence-corrected chi connectivity index (χ4v) is 1.53. The summed E-state index contributed by atoms with van der Waals surface area (Å²) >= 11 is 0. The Morgan fingerprint density at radius 1 is 1.27 bits per heavy atom. The summed E-state index contributed by atoms with van der Waals surface area (Å²) in [7, 11) is 0. The quantitative estimate of drug-likeness (QED) is 0.343. The van der Waals surface area contributed by atoms with Crippen LogP contribution >= 0.6 is 0 Å². The van der Waals surface area contributed by atoms with Gasteiger partial charge in [-0.05, 0) is 19.3 Å². The van der Waals surface area contributed by atoms with Crippen LogP contribution in [0.2, 0.25) is 0 Å². The molecule has 2 atom stereocenters. The first-order valence-corrected chi connectivity index (χ1v) is 3.92. The first kappa shape index (κ1) is 8.93. The second kappa shape index (κ2) is 2.42. The van der Waals surface area contributed by atoms with E-state index in [2.05, 4.69) is 0 Å². The van der Waals surface area contributed by atoms with Crippen LogP contribution < -0.4 is 17.2 Å². The molecule has 0 heterocycles. The lowest BCUT2D eigenvalue weighted by molar-refractivity contribution is -0.0543. The van der Waals surface area contributed by atoms with Crippen molar-refractivity contribution in [2.24, 2.45) is 23.1 Å². The maximum absolute atomic E-state index is 9.54. The highest BCUT2D eigenvalue weighted by Gasteiger charge is 2.40. The molecule has 0 amide bonds. The lowest BCUT2D eigenvalue weighted by Crippen LogP contribution is -2.61. The van der Waals surface area contributed by atoms with Crippen LogP contribution in [-0.4, -0.2) is 16.5 Å². The van der Waals surface area contributed by atoms with Crippen molar-refractivity contribution in [3.8, 4) is 0 Å². The number of rotatable bonds is 0. The summed E-state index contributed by atoms with van der Waals surface area (Å²) in [6, 6.07) is 0. The van der Waals surface area contributed by atoms with E-state index in [4.69, 9.17) is 17.2 Å². The normalized spacial score (nSPS) is 43.9. The first-order valence-electron chi connectivity index (χ1n) is 3.92. The number of hydrogen-bond donors (Lipinski definition) is 4. The minimum Gasteiger partial charge on any atom is -0.376 e. The van der Waals surface area contributed by atoms with Gasteiger partial charge in [-0.15, -0.1) is 0 Å². The largest absolute Gasteiger partial charge is 0.376 e. The van der Waals surface area contributed by atoms with Gasteiger partial charge >= 0.3 is 0 Å². The van der Waals surface area contributed by atoms with Gasteiger partial charge in [-0.25, -0.2) is 0 Å². The molecule has 1 saturated carbocycles. The number of hydrogen-bond acceptors (Lipinski definition) is 4. The van der Waals surface area contributed by atoms with Gasteiger partial charge in [-0.3, -0.25) is 0 Å². The van der Waals surface area contributed by atoms with Gasteiger partial charge in [0.05, 0.1) is 5.66 Å². The Balaban J connectivity index is 2.63. The highest BCUT2D eigenvalue weighted by molar-refractivity contribution is 4.93. The van der Waals surface area contributed by atoms with Crippen LogP contribution in [0.4, 0.5) is 0 Å². The molecule has 0 bridgehead atoms. The zero-order chi connectivity index (χ0) is 8.70. The number of nitrogens with two attached hydrogens (primary N) is 3. The van der Waals surface area contributed by atoms with Crippen LogP contribution in [0.15, 0.2) is 0 Å². The Labute approximate surface area is 66.7 Å². The third-order valence-electron chi connectivity index (χ3n) is 2.53. The molecule has 11 heavy (non-hydrogen) atoms. The molecule has 0 aromatic heterocycles. The highest BCUT2D eigenvalue weighted by atomic mass is 16.3. The van der Waals surface area contributed by atoms with E-state index < -0.39 is 11.4 Å². The molecule has 0 saturated heterocycles. The van der Waals surface area contributed by atoms with Gasteiger partial charge < -0.3 is 22.3 Å². The summed E-state index contributed by atoms with van der Waals surface area (Å²) in [5.74, 6) is -0.0220. The molecular weight excluding hydrogens is 142 g/mol. The van der Waals surface area contributed by atoms with Crippen molar-refractivity contribution in [2.45, 2.75) is 37.6 Å². The Morgan fingerprint density at radius 2 is 1.82 bits per heavy atom. The minimum absolute atomic E-state index is 0.0220. The summed E-state index contributed by atoms with van der Waals surface area (Å²) in [5.41, 5.74) is 15.3. The summed E-state index contributed by atoms with van der Waals surface area (Å²) in [5, 5.41) is 9.54. The predicted molar refractivity (Wildman–Crippen MR) is 43.3 cm³/mol. The van der Waals surface area contributed by atoms with E-state index in [9.17, 15) is 5.11 Å². The second-order valence-corrected chi connectivity index (χ2v) is 3.83. The molecule has 4 nitrogen and oxygen atoms in total. The van der Waals surface area contributed by atoms with Crippen LogP contribution in [-0.2, 0) is 0 Å². The molecule has 0 aliphatic heterocycles. The van der Waals surface area contributed by atoms with Crippen molar-refractivity contribution >= 4 is 0 Å². The van der Waals surface area contributed by atoms with Crippen molar-refractivity contribution in [3.63, 3.8) is 0 Å². The third-order valence-corrected chi connectivity index (χ3v) is 2.53. The average Bonchev–Trinajstić information content (AvgIpc) is 1.81. The second-order valence-electron chi connectivity index (χ2n) is 3.83. The van der Waals surface area contributed by atoms with Gasteiger partial charge in [-0.2, -0.15) is 0 Å². The maximum Gasteiger partial charge on any atom is 0.116 e. The van der Waals surface area contributed by atoms with Crippen LogP contribution in [0.5, 0.6) is 0 Å². The van der Waals surface area contributed by atoms with E-state index in [-0.39, 0.29) is 5.92 Å². The van der Waals surface area contributed by atoms with E-state index in [1.165, 1.54) is 0 Å². The Kier molecular flexibility index (Phi) is 1.96. The molecule has 7 N–H and O–H groups in total. The topological polar surface area (TPSA) is 98.3 Å². The highest BCUT2D eigenvalue weighted by Crippen LogP contribution is 2.31. The molecule has 1 aliphatic carbocycles. The van der Waals surface area contributed by atoms with Crippen molar-refractivity contribution in [1.82, 2.24) is 0 Å². The minimum atomic E-state index is -1.07. The molecule has 0 radical (unpaired) electrons. The van der Waals surface area contributed by atoms with E-state index in [1.807, 2.05) is 6.92 Å². The van der Waals surface area contributed by atoms with Gasteiger partial charge in [0.2, 0.25) is 0 Å². The van der Waals surface area contributed by atoms with Crippen molar-refractivity contribution < 1.29 is 5.11 Å². The predicted octanol–water partition coefficient (Wildman–Crippen LogP) is -0.933. The van der Waals surface area contributed by atoms with E-state index in [1.54, 1.807) is 0 Å². The zero-order valence-corrected chi connectivity index (χ0v) is 6.88. The molecule has 66 valence electrons. The smallest absolute Gasteiger partial charge is 0.116 e. The summed E-state index contributed by atoms with van der Waals surface area (Å²) in [6.45, 7) is 1.87. The Hall–Kier alpha value is -0.160. The van der Waals surface area contributed by atoms with Gasteiger partial charge in [0.25, 0.3) is 0 Å². The molecular formula is C7H17N3O. The summed E-state index contributed by atoms with van der Waals surface area (Å²) in [6.07, 6.45) is 1.66. The van der Waals surface area contributed by atoms with Crippen LogP contribution in [0.1, 0.15) is 26.2 Å². The van der Waals surface area contributed by atoms with Crippen molar-refractivity contribution in [2.75, 3.05) is 0 Å². The zero-order valence-electron chi connectivity index (χ0n) is 6.88. The Morgan fingerprint density at radius 3 is 2.18 bits per heavy atom. The van der Waals surface area contributed by atoms with Crippen LogP contribution in [0.25, 0.3) is 0 Å². The summed E-state index contributed by atoms with van der Waals surface area (Å²) in [4.78, 5) is 0. The first-order chi connectivity index (χ1) is 4.83. The van der Waals surface area contributed by atoms with Crippen molar-refractivity contribution in [3.05, 3.63) is 0 Å². The molecule has 1 fully saturated rings.